The van der Waals surface area contributed by atoms with Gasteiger partial charge < -0.3 is 25.6 Å². The van der Waals surface area contributed by atoms with Gasteiger partial charge in [-0.3, -0.25) is 9.59 Å². The zero-order chi connectivity index (χ0) is 24.8. The first-order valence-corrected chi connectivity index (χ1v) is 11.3. The fraction of sp³-hybridized carbons (Fsp3) is 0.222. The van der Waals surface area contributed by atoms with E-state index < -0.39 is 36.5 Å². The Hall–Kier alpha value is -4.17. The van der Waals surface area contributed by atoms with Gasteiger partial charge in [-0.15, -0.1) is 0 Å². The molecule has 1 aliphatic carbocycles. The summed E-state index contributed by atoms with van der Waals surface area (Å²) in [5.74, 6) is -2.15. The summed E-state index contributed by atoms with van der Waals surface area (Å²) < 4.78 is 5.42. The van der Waals surface area contributed by atoms with Gasteiger partial charge in [-0.25, -0.2) is 4.79 Å². The predicted molar refractivity (Wildman–Crippen MR) is 129 cm³/mol. The quantitative estimate of drug-likeness (QED) is 0.377. The number of ether oxygens (including phenoxy) is 1. The monoisotopic (exact) mass is 474 g/mol. The highest BCUT2D eigenvalue weighted by atomic mass is 16.5. The summed E-state index contributed by atoms with van der Waals surface area (Å²) in [5.41, 5.74) is 4.84. The molecule has 0 bridgehead atoms. The molecule has 0 heterocycles. The third kappa shape index (κ3) is 5.67. The van der Waals surface area contributed by atoms with Crippen molar-refractivity contribution in [2.24, 2.45) is 0 Å². The Balaban J connectivity index is 1.36. The number of fused-ring (bicyclic) bond motifs is 3. The number of rotatable bonds is 9. The van der Waals surface area contributed by atoms with E-state index in [0.717, 1.165) is 22.3 Å². The van der Waals surface area contributed by atoms with Crippen LogP contribution >= 0.6 is 0 Å². The van der Waals surface area contributed by atoms with Gasteiger partial charge in [-0.1, -0.05) is 78.9 Å². The fourth-order valence-corrected chi connectivity index (χ4v) is 4.28. The van der Waals surface area contributed by atoms with Crippen LogP contribution in [0.2, 0.25) is 0 Å². The second-order valence-corrected chi connectivity index (χ2v) is 8.29. The molecule has 35 heavy (non-hydrogen) atoms. The summed E-state index contributed by atoms with van der Waals surface area (Å²) in [7, 11) is 0. The van der Waals surface area contributed by atoms with Gasteiger partial charge in [0.1, 0.15) is 12.6 Å². The van der Waals surface area contributed by atoms with Gasteiger partial charge in [0.05, 0.1) is 12.5 Å². The van der Waals surface area contributed by atoms with Gasteiger partial charge in [0, 0.05) is 12.5 Å². The lowest BCUT2D eigenvalue weighted by atomic mass is 9.98. The Bertz CT molecular complexity index is 1170. The molecule has 2 amide bonds. The molecule has 1 aliphatic rings. The molecule has 180 valence electrons. The molecule has 0 radical (unpaired) electrons. The number of benzene rings is 3. The van der Waals surface area contributed by atoms with E-state index in [-0.39, 0.29) is 19.1 Å². The van der Waals surface area contributed by atoms with Crippen molar-refractivity contribution in [2.45, 2.75) is 24.5 Å². The van der Waals surface area contributed by atoms with Crippen molar-refractivity contribution >= 4 is 18.0 Å². The van der Waals surface area contributed by atoms with Crippen LogP contribution in [0.4, 0.5) is 4.79 Å². The standard InChI is InChI=1S/C27H26N2O6/c30-24(17-8-2-1-3-9-17)15-28-26(33)23(14-25(31)32)29-27(34)35-16-22-20-12-6-4-10-18(20)19-11-5-7-13-21(19)22/h1-13,22-24,30H,14-16H2,(H,28,33)(H,29,34)(H,31,32). The molecule has 8 nitrogen and oxygen atoms in total. The lowest BCUT2D eigenvalue weighted by Crippen LogP contribution is -2.48. The molecule has 3 aromatic rings. The topological polar surface area (TPSA) is 125 Å². The van der Waals surface area contributed by atoms with E-state index in [2.05, 4.69) is 10.6 Å². The SMILES string of the molecule is O=C(O)CC(NC(=O)OCC1c2ccccc2-c2ccccc21)C(=O)NCC(O)c1ccccc1. The summed E-state index contributed by atoms with van der Waals surface area (Å²) in [6.45, 7) is -0.0979. The van der Waals surface area contributed by atoms with Gasteiger partial charge in [0.2, 0.25) is 5.91 Å². The summed E-state index contributed by atoms with van der Waals surface area (Å²) in [6, 6.07) is 23.1. The van der Waals surface area contributed by atoms with Crippen molar-refractivity contribution in [3.63, 3.8) is 0 Å². The first-order chi connectivity index (χ1) is 16.9. The van der Waals surface area contributed by atoms with Crippen LogP contribution < -0.4 is 10.6 Å². The van der Waals surface area contributed by atoms with Crippen molar-refractivity contribution in [3.8, 4) is 11.1 Å². The average Bonchev–Trinajstić information content (AvgIpc) is 3.19. The maximum Gasteiger partial charge on any atom is 0.407 e. The predicted octanol–water partition coefficient (Wildman–Crippen LogP) is 3.22. The number of alkyl carbamates (subject to hydrolysis) is 1. The molecule has 4 rings (SSSR count). The van der Waals surface area contributed by atoms with Crippen molar-refractivity contribution in [1.29, 1.82) is 0 Å². The maximum atomic E-state index is 12.6. The normalized spacial score (nSPS) is 13.7. The lowest BCUT2D eigenvalue weighted by molar-refractivity contribution is -0.139. The van der Waals surface area contributed by atoms with Gasteiger partial charge in [0.15, 0.2) is 0 Å². The Labute approximate surface area is 202 Å². The molecule has 8 heteroatoms. The maximum absolute atomic E-state index is 12.6. The van der Waals surface area contributed by atoms with Gasteiger partial charge in [-0.2, -0.15) is 0 Å². The summed E-state index contributed by atoms with van der Waals surface area (Å²) >= 11 is 0. The molecule has 4 N–H and O–H groups in total. The van der Waals surface area contributed by atoms with Crippen LogP contribution in [0.5, 0.6) is 0 Å². The third-order valence-electron chi connectivity index (χ3n) is 5.98. The Morgan fingerprint density at radius 2 is 1.43 bits per heavy atom. The number of aliphatic carboxylic acids is 1. The highest BCUT2D eigenvalue weighted by Gasteiger charge is 2.30. The van der Waals surface area contributed by atoms with E-state index in [9.17, 15) is 24.6 Å². The van der Waals surface area contributed by atoms with Crippen molar-refractivity contribution in [2.75, 3.05) is 13.2 Å². The van der Waals surface area contributed by atoms with Crippen LogP contribution in [-0.2, 0) is 14.3 Å². The first-order valence-electron chi connectivity index (χ1n) is 11.3. The molecule has 0 saturated carbocycles. The lowest BCUT2D eigenvalue weighted by Gasteiger charge is -2.19. The van der Waals surface area contributed by atoms with Crippen LogP contribution in [0.15, 0.2) is 78.9 Å². The second-order valence-electron chi connectivity index (χ2n) is 8.29. The molecular weight excluding hydrogens is 448 g/mol. The highest BCUT2D eigenvalue weighted by Crippen LogP contribution is 2.44. The highest BCUT2D eigenvalue weighted by molar-refractivity contribution is 5.89. The minimum absolute atomic E-state index is 0.0357. The molecule has 2 atom stereocenters. The molecule has 3 aromatic carbocycles. The van der Waals surface area contributed by atoms with Crippen LogP contribution in [-0.4, -0.2) is 47.4 Å². The summed E-state index contributed by atoms with van der Waals surface area (Å²) in [6.07, 6.45) is -2.49. The third-order valence-corrected chi connectivity index (χ3v) is 5.98. The first kappa shape index (κ1) is 24.0. The molecule has 0 saturated heterocycles. The number of aliphatic hydroxyl groups is 1. The number of carbonyl (C=O) groups is 3. The largest absolute Gasteiger partial charge is 0.481 e. The second kappa shape index (κ2) is 10.8. The molecule has 0 spiro atoms. The molecule has 0 aromatic heterocycles. The zero-order valence-electron chi connectivity index (χ0n) is 18.9. The van der Waals surface area contributed by atoms with Gasteiger partial charge >= 0.3 is 12.1 Å². The summed E-state index contributed by atoms with van der Waals surface area (Å²) in [5, 5.41) is 24.3. The van der Waals surface area contributed by atoms with E-state index in [1.54, 1.807) is 30.3 Å². The number of amides is 2. The average molecular weight is 475 g/mol. The zero-order valence-corrected chi connectivity index (χ0v) is 18.9. The van der Waals surface area contributed by atoms with Crippen LogP contribution in [0.25, 0.3) is 11.1 Å². The molecule has 2 unspecified atom stereocenters. The number of carboxylic acid groups (broad SMARTS) is 1. The van der Waals surface area contributed by atoms with Crippen molar-refractivity contribution in [3.05, 3.63) is 95.6 Å². The van der Waals surface area contributed by atoms with E-state index in [1.165, 1.54) is 0 Å². The van der Waals surface area contributed by atoms with Crippen molar-refractivity contribution in [1.82, 2.24) is 10.6 Å². The number of nitrogens with one attached hydrogen (secondary N) is 2. The summed E-state index contributed by atoms with van der Waals surface area (Å²) in [4.78, 5) is 36.4. The van der Waals surface area contributed by atoms with Crippen LogP contribution in [0, 0.1) is 0 Å². The number of aliphatic hydroxyl groups excluding tert-OH is 1. The number of carboxylic acids is 1. The Morgan fingerprint density at radius 1 is 0.857 bits per heavy atom. The number of hydrogen-bond acceptors (Lipinski definition) is 5. The van der Waals surface area contributed by atoms with E-state index in [0.29, 0.717) is 5.56 Å². The van der Waals surface area contributed by atoms with E-state index >= 15 is 0 Å². The molecule has 0 aliphatic heterocycles. The fourth-order valence-electron chi connectivity index (χ4n) is 4.28. The van der Waals surface area contributed by atoms with Crippen molar-refractivity contribution < 1.29 is 29.3 Å². The Morgan fingerprint density at radius 3 is 2.03 bits per heavy atom. The number of carbonyl (C=O) groups excluding carboxylic acids is 2. The minimum atomic E-state index is -1.36. The number of hydrogen-bond donors (Lipinski definition) is 4. The van der Waals surface area contributed by atoms with Crippen LogP contribution in [0.1, 0.15) is 35.1 Å². The van der Waals surface area contributed by atoms with E-state index in [1.807, 2.05) is 48.5 Å². The van der Waals surface area contributed by atoms with Gasteiger partial charge in [0.25, 0.3) is 0 Å². The van der Waals surface area contributed by atoms with E-state index in [4.69, 9.17) is 4.74 Å². The van der Waals surface area contributed by atoms with Gasteiger partial charge in [-0.05, 0) is 27.8 Å². The molecule has 0 fully saturated rings. The Kier molecular flexibility index (Phi) is 7.42. The minimum Gasteiger partial charge on any atom is -0.481 e. The smallest absolute Gasteiger partial charge is 0.407 e. The molecular formula is C27H26N2O6. The van der Waals surface area contributed by atoms with Crippen LogP contribution in [0.3, 0.4) is 0 Å².